The molecule has 0 bridgehead atoms. The van der Waals surface area contributed by atoms with Gasteiger partial charge in [0.25, 0.3) is 0 Å². The van der Waals surface area contributed by atoms with Crippen molar-refractivity contribution >= 4 is 17.8 Å². The van der Waals surface area contributed by atoms with E-state index in [4.69, 9.17) is 22.0 Å². The van der Waals surface area contributed by atoms with E-state index in [9.17, 15) is 9.59 Å². The van der Waals surface area contributed by atoms with E-state index in [-0.39, 0.29) is 24.8 Å². The second kappa shape index (κ2) is 14.7. The molecule has 0 saturated carbocycles. The van der Waals surface area contributed by atoms with Crippen LogP contribution in [-0.4, -0.2) is 40.4 Å². The molecule has 0 rings (SSSR count). The molecule has 7 heteroatoms. The van der Waals surface area contributed by atoms with Crippen LogP contribution in [0.2, 0.25) is 0 Å². The largest absolute Gasteiger partial charge is 0.480 e. The van der Waals surface area contributed by atoms with Gasteiger partial charge in [-0.15, -0.1) is 0 Å². The lowest BCUT2D eigenvalue weighted by atomic mass is 10.1. The molecule has 1 amide bonds. The maximum absolute atomic E-state index is 12.2. The summed E-state index contributed by atoms with van der Waals surface area (Å²) in [6.45, 7) is 2.45. The summed E-state index contributed by atoms with van der Waals surface area (Å²) in [6, 6.07) is -0.943. The number of carboxylic acids is 1. The Morgan fingerprint density at radius 3 is 2.00 bits per heavy atom. The topological polar surface area (TPSA) is 134 Å². The van der Waals surface area contributed by atoms with Gasteiger partial charge in [0.05, 0.1) is 0 Å². The lowest BCUT2D eigenvalue weighted by Gasteiger charge is -2.21. The summed E-state index contributed by atoms with van der Waals surface area (Å²) in [6.07, 6.45) is 11.6. The molecule has 0 aromatic heterocycles. The highest BCUT2D eigenvalue weighted by atomic mass is 16.4. The number of nitrogens with zero attached hydrogens (tertiary/aromatic N) is 1. The molecule has 0 radical (unpaired) electrons. The number of aliphatic carboxylic acids is 1. The number of rotatable bonds is 15. The monoisotopic (exact) mass is 356 g/mol. The lowest BCUT2D eigenvalue weighted by Crippen LogP contribution is -2.42. The van der Waals surface area contributed by atoms with E-state index in [0.29, 0.717) is 12.8 Å². The first kappa shape index (κ1) is 23.4. The first-order chi connectivity index (χ1) is 11.9. The molecule has 0 heterocycles. The molecular weight excluding hydrogens is 320 g/mol. The average Bonchev–Trinajstić information content (AvgIpc) is 2.56. The number of carbonyl (C=O) groups excluding carboxylic acids is 1. The van der Waals surface area contributed by atoms with Crippen LogP contribution >= 0.6 is 0 Å². The summed E-state index contributed by atoms with van der Waals surface area (Å²) >= 11 is 0. The molecule has 0 spiro atoms. The van der Waals surface area contributed by atoms with Crippen LogP contribution in [0.25, 0.3) is 0 Å². The zero-order valence-corrected chi connectivity index (χ0v) is 15.6. The molecule has 6 N–H and O–H groups in total. The van der Waals surface area contributed by atoms with E-state index in [2.05, 4.69) is 6.92 Å². The van der Waals surface area contributed by atoms with Crippen molar-refractivity contribution in [1.82, 2.24) is 4.90 Å². The van der Waals surface area contributed by atoms with E-state index in [1.807, 2.05) is 0 Å². The molecule has 0 aliphatic carbocycles. The smallest absolute Gasteiger partial charge is 0.320 e. The van der Waals surface area contributed by atoms with E-state index in [1.54, 1.807) is 0 Å². The van der Waals surface area contributed by atoms with Gasteiger partial charge in [0.1, 0.15) is 6.04 Å². The second-order valence-corrected chi connectivity index (χ2v) is 6.60. The molecule has 146 valence electrons. The van der Waals surface area contributed by atoms with E-state index >= 15 is 0 Å². The highest BCUT2D eigenvalue weighted by Gasteiger charge is 2.17. The standard InChI is InChI=1S/C18H36N4O3/c1-2-3-4-5-6-7-8-9-10-13-16(23)22(18(20)21)14-11-12-15(19)17(24)25/h15H,2-14,19H2,1H3,(H3,20,21)(H,24,25)/t15-/m0/s1. The van der Waals surface area contributed by atoms with Gasteiger partial charge >= 0.3 is 5.97 Å². The minimum atomic E-state index is -1.06. The van der Waals surface area contributed by atoms with Crippen LogP contribution in [0.3, 0.4) is 0 Å². The van der Waals surface area contributed by atoms with Crippen LogP contribution < -0.4 is 11.5 Å². The number of carbonyl (C=O) groups is 2. The average molecular weight is 357 g/mol. The first-order valence-corrected chi connectivity index (χ1v) is 9.52. The molecule has 1 atom stereocenters. The van der Waals surface area contributed by atoms with Gasteiger partial charge in [0.15, 0.2) is 5.96 Å². The zero-order valence-electron chi connectivity index (χ0n) is 15.6. The first-order valence-electron chi connectivity index (χ1n) is 9.52. The summed E-state index contributed by atoms with van der Waals surface area (Å²) in [4.78, 5) is 24.1. The van der Waals surface area contributed by atoms with Crippen LogP contribution in [0.1, 0.15) is 84.0 Å². The normalized spacial score (nSPS) is 11.9. The lowest BCUT2D eigenvalue weighted by molar-refractivity contribution is -0.138. The van der Waals surface area contributed by atoms with Crippen LogP contribution in [0, 0.1) is 5.41 Å². The number of guanidine groups is 1. The third-order valence-corrected chi connectivity index (χ3v) is 4.30. The SMILES string of the molecule is CCCCCCCCCCCC(=O)N(CCC[C@H](N)C(=O)O)C(=N)N. The number of unbranched alkanes of at least 4 members (excludes halogenated alkanes) is 8. The van der Waals surface area contributed by atoms with Crippen molar-refractivity contribution in [3.8, 4) is 0 Å². The van der Waals surface area contributed by atoms with Gasteiger partial charge in [0, 0.05) is 13.0 Å². The van der Waals surface area contributed by atoms with Crippen molar-refractivity contribution in [2.24, 2.45) is 11.5 Å². The van der Waals surface area contributed by atoms with Gasteiger partial charge in [-0.25, -0.2) is 0 Å². The molecule has 0 aliphatic heterocycles. The Kier molecular flexibility index (Phi) is 13.7. The Hall–Kier alpha value is -1.63. The van der Waals surface area contributed by atoms with E-state index in [1.165, 1.54) is 43.4 Å². The number of carboxylic acid groups (broad SMARTS) is 1. The van der Waals surface area contributed by atoms with Gasteiger partial charge in [-0.3, -0.25) is 19.9 Å². The minimum absolute atomic E-state index is 0.167. The van der Waals surface area contributed by atoms with Crippen LogP contribution in [0.4, 0.5) is 0 Å². The third kappa shape index (κ3) is 12.4. The molecule has 25 heavy (non-hydrogen) atoms. The Morgan fingerprint density at radius 1 is 1.00 bits per heavy atom. The Bertz CT molecular complexity index is 402. The van der Waals surface area contributed by atoms with Gasteiger partial charge in [-0.1, -0.05) is 58.3 Å². The Morgan fingerprint density at radius 2 is 1.52 bits per heavy atom. The Balaban J connectivity index is 3.86. The molecule has 0 aromatic rings. The molecular formula is C18H36N4O3. The summed E-state index contributed by atoms with van der Waals surface area (Å²) in [5.41, 5.74) is 10.9. The molecule has 0 unspecified atom stereocenters. The third-order valence-electron chi connectivity index (χ3n) is 4.30. The van der Waals surface area contributed by atoms with Gasteiger partial charge in [-0.2, -0.15) is 0 Å². The van der Waals surface area contributed by atoms with Crippen molar-refractivity contribution in [2.75, 3.05) is 6.54 Å². The molecule has 0 aliphatic rings. The summed E-state index contributed by atoms with van der Waals surface area (Å²) < 4.78 is 0. The van der Waals surface area contributed by atoms with Crippen LogP contribution in [0.15, 0.2) is 0 Å². The molecule has 0 aromatic carbocycles. The highest BCUT2D eigenvalue weighted by molar-refractivity contribution is 5.94. The number of amides is 1. The van der Waals surface area contributed by atoms with Crippen molar-refractivity contribution in [3.63, 3.8) is 0 Å². The van der Waals surface area contributed by atoms with Crippen LogP contribution in [0.5, 0.6) is 0 Å². The quantitative estimate of drug-likeness (QED) is 0.203. The number of hydrogen-bond donors (Lipinski definition) is 4. The second-order valence-electron chi connectivity index (χ2n) is 6.60. The van der Waals surface area contributed by atoms with Gasteiger partial charge < -0.3 is 16.6 Å². The number of nitrogens with one attached hydrogen (secondary N) is 1. The summed E-state index contributed by atoms with van der Waals surface area (Å²) in [5.74, 6) is -1.51. The maximum Gasteiger partial charge on any atom is 0.320 e. The van der Waals surface area contributed by atoms with Crippen molar-refractivity contribution in [3.05, 3.63) is 0 Å². The fourth-order valence-electron chi connectivity index (χ4n) is 2.69. The van der Waals surface area contributed by atoms with Gasteiger partial charge in [0.2, 0.25) is 5.91 Å². The minimum Gasteiger partial charge on any atom is -0.480 e. The zero-order chi connectivity index (χ0) is 19.1. The molecule has 0 fully saturated rings. The van der Waals surface area contributed by atoms with Gasteiger partial charge in [-0.05, 0) is 19.3 Å². The van der Waals surface area contributed by atoms with Crippen molar-refractivity contribution < 1.29 is 14.7 Å². The summed E-state index contributed by atoms with van der Waals surface area (Å²) in [7, 11) is 0. The maximum atomic E-state index is 12.2. The number of hydrogen-bond acceptors (Lipinski definition) is 4. The Labute approximate surface area is 151 Å². The van der Waals surface area contributed by atoms with Crippen molar-refractivity contribution in [2.45, 2.75) is 90.0 Å². The van der Waals surface area contributed by atoms with E-state index in [0.717, 1.165) is 19.3 Å². The molecule has 0 saturated heterocycles. The predicted octanol–water partition coefficient (Wildman–Crippen LogP) is 2.82. The molecule has 7 nitrogen and oxygen atoms in total. The fourth-order valence-corrected chi connectivity index (χ4v) is 2.69. The predicted molar refractivity (Wildman–Crippen MR) is 100 cm³/mol. The summed E-state index contributed by atoms with van der Waals surface area (Å²) in [5, 5.41) is 16.3. The van der Waals surface area contributed by atoms with Crippen LogP contribution in [-0.2, 0) is 9.59 Å². The van der Waals surface area contributed by atoms with E-state index < -0.39 is 12.0 Å². The number of nitrogens with two attached hydrogens (primary N) is 2. The van der Waals surface area contributed by atoms with Crippen molar-refractivity contribution in [1.29, 1.82) is 5.41 Å². The fraction of sp³-hybridized carbons (Fsp3) is 0.833. The highest BCUT2D eigenvalue weighted by Crippen LogP contribution is 2.11.